The number of hydrogen-bond donors (Lipinski definition) is 1. The largest absolute Gasteiger partial charge is 0.493 e. The fourth-order valence-corrected chi connectivity index (χ4v) is 3.13. The molecule has 4 heteroatoms. The Morgan fingerprint density at radius 3 is 2.83 bits per heavy atom. The summed E-state index contributed by atoms with van der Waals surface area (Å²) in [6.45, 7) is 1.42. The maximum Gasteiger partial charge on any atom is 0.144 e. The first kappa shape index (κ1) is 14.0. The lowest BCUT2D eigenvalue weighted by molar-refractivity contribution is 0.357. The Balaban J connectivity index is 1.76. The highest BCUT2D eigenvalue weighted by Gasteiger charge is 2.18. The van der Waals surface area contributed by atoms with Crippen LogP contribution >= 0.6 is 0 Å². The standard InChI is InChI=1S/C19H19N3O/c20-10-8-14-4-6-15(7-5-14)19-21-11-12-22(19)17-2-1-3-18-16(17)9-13-23-18/h1-7,11-12H,8-10,13,20H2. The molecule has 0 atom stereocenters. The summed E-state index contributed by atoms with van der Waals surface area (Å²) in [5, 5.41) is 0. The summed E-state index contributed by atoms with van der Waals surface area (Å²) in [6, 6.07) is 14.7. The van der Waals surface area contributed by atoms with Crippen LogP contribution in [0.25, 0.3) is 17.1 Å². The Morgan fingerprint density at radius 2 is 2.00 bits per heavy atom. The molecule has 0 unspecified atom stereocenters. The molecule has 0 saturated heterocycles. The van der Waals surface area contributed by atoms with Gasteiger partial charge in [-0.2, -0.15) is 0 Å². The third-order valence-electron chi connectivity index (χ3n) is 4.26. The van der Waals surface area contributed by atoms with Gasteiger partial charge in [0.1, 0.15) is 11.6 Å². The van der Waals surface area contributed by atoms with E-state index in [-0.39, 0.29) is 0 Å². The third-order valence-corrected chi connectivity index (χ3v) is 4.26. The maximum atomic E-state index is 5.68. The van der Waals surface area contributed by atoms with Crippen molar-refractivity contribution in [2.45, 2.75) is 12.8 Å². The van der Waals surface area contributed by atoms with Gasteiger partial charge in [-0.15, -0.1) is 0 Å². The van der Waals surface area contributed by atoms with Crippen LogP contribution in [0, 0.1) is 0 Å². The molecule has 116 valence electrons. The second kappa shape index (κ2) is 5.89. The van der Waals surface area contributed by atoms with Crippen molar-refractivity contribution in [2.24, 2.45) is 5.73 Å². The van der Waals surface area contributed by atoms with E-state index >= 15 is 0 Å². The van der Waals surface area contributed by atoms with E-state index in [1.807, 2.05) is 24.5 Å². The molecule has 4 nitrogen and oxygen atoms in total. The SMILES string of the molecule is NCCc1ccc(-c2nccn2-c2cccc3c2CCO3)cc1. The molecule has 2 aromatic carbocycles. The van der Waals surface area contributed by atoms with Gasteiger partial charge in [0.15, 0.2) is 0 Å². The first-order valence-electron chi connectivity index (χ1n) is 7.94. The topological polar surface area (TPSA) is 53.1 Å². The highest BCUT2D eigenvalue weighted by atomic mass is 16.5. The lowest BCUT2D eigenvalue weighted by Gasteiger charge is -2.12. The summed E-state index contributed by atoms with van der Waals surface area (Å²) in [7, 11) is 0. The Kier molecular flexibility index (Phi) is 3.60. The Hall–Kier alpha value is -2.59. The summed E-state index contributed by atoms with van der Waals surface area (Å²) in [6.07, 6.45) is 5.70. The van der Waals surface area contributed by atoms with Crippen LogP contribution in [0.4, 0.5) is 0 Å². The molecule has 1 aliphatic rings. The summed E-state index contributed by atoms with van der Waals surface area (Å²) < 4.78 is 7.82. The molecule has 0 spiro atoms. The van der Waals surface area contributed by atoms with E-state index in [1.165, 1.54) is 11.1 Å². The Labute approximate surface area is 135 Å². The molecular weight excluding hydrogens is 286 g/mol. The fourth-order valence-electron chi connectivity index (χ4n) is 3.13. The van der Waals surface area contributed by atoms with Gasteiger partial charge >= 0.3 is 0 Å². The van der Waals surface area contributed by atoms with Crippen LogP contribution in [0.3, 0.4) is 0 Å². The van der Waals surface area contributed by atoms with Gasteiger partial charge in [-0.25, -0.2) is 4.98 Å². The third kappa shape index (κ3) is 2.51. The van der Waals surface area contributed by atoms with Gasteiger partial charge in [0, 0.05) is 29.9 Å². The first-order chi connectivity index (χ1) is 11.4. The minimum atomic E-state index is 0.671. The van der Waals surface area contributed by atoms with Crippen LogP contribution in [-0.2, 0) is 12.8 Å². The molecule has 2 heterocycles. The molecule has 0 amide bonds. The molecule has 0 radical (unpaired) electrons. The molecule has 0 saturated carbocycles. The molecule has 23 heavy (non-hydrogen) atoms. The first-order valence-corrected chi connectivity index (χ1v) is 7.94. The average Bonchev–Trinajstić information content (AvgIpc) is 3.25. The van der Waals surface area contributed by atoms with Crippen molar-refractivity contribution in [2.75, 3.05) is 13.2 Å². The molecule has 0 aliphatic carbocycles. The number of benzene rings is 2. The van der Waals surface area contributed by atoms with E-state index in [0.717, 1.165) is 42.3 Å². The molecule has 0 fully saturated rings. The number of hydrogen-bond acceptors (Lipinski definition) is 3. The molecular formula is C19H19N3O. The van der Waals surface area contributed by atoms with Gasteiger partial charge in [-0.05, 0) is 30.7 Å². The van der Waals surface area contributed by atoms with Gasteiger partial charge in [0.25, 0.3) is 0 Å². The molecule has 0 bridgehead atoms. The minimum absolute atomic E-state index is 0.671. The molecule has 3 aromatic rings. The van der Waals surface area contributed by atoms with Crippen molar-refractivity contribution >= 4 is 0 Å². The highest BCUT2D eigenvalue weighted by Crippen LogP contribution is 2.32. The van der Waals surface area contributed by atoms with E-state index in [2.05, 4.69) is 39.9 Å². The van der Waals surface area contributed by atoms with E-state index in [4.69, 9.17) is 10.5 Å². The Bertz CT molecular complexity index is 821. The Morgan fingerprint density at radius 1 is 1.13 bits per heavy atom. The van der Waals surface area contributed by atoms with Gasteiger partial charge in [0.05, 0.1) is 12.3 Å². The number of ether oxygens (including phenoxy) is 1. The van der Waals surface area contributed by atoms with Gasteiger partial charge < -0.3 is 10.5 Å². The predicted molar refractivity (Wildman–Crippen MR) is 91.0 cm³/mol. The smallest absolute Gasteiger partial charge is 0.144 e. The highest BCUT2D eigenvalue weighted by molar-refractivity contribution is 5.62. The van der Waals surface area contributed by atoms with Crippen LogP contribution in [0.15, 0.2) is 54.9 Å². The van der Waals surface area contributed by atoms with E-state index in [1.54, 1.807) is 0 Å². The van der Waals surface area contributed by atoms with E-state index < -0.39 is 0 Å². The van der Waals surface area contributed by atoms with Gasteiger partial charge in [0.2, 0.25) is 0 Å². The minimum Gasteiger partial charge on any atom is -0.493 e. The number of rotatable bonds is 4. The average molecular weight is 305 g/mol. The molecule has 1 aliphatic heterocycles. The number of nitrogens with two attached hydrogens (primary N) is 1. The van der Waals surface area contributed by atoms with Crippen LogP contribution in [0.5, 0.6) is 5.75 Å². The number of fused-ring (bicyclic) bond motifs is 1. The second-order valence-corrected chi connectivity index (χ2v) is 5.71. The fraction of sp³-hybridized carbons (Fsp3) is 0.211. The van der Waals surface area contributed by atoms with Crippen molar-refractivity contribution < 1.29 is 4.74 Å². The van der Waals surface area contributed by atoms with Crippen molar-refractivity contribution in [1.82, 2.24) is 9.55 Å². The zero-order valence-corrected chi connectivity index (χ0v) is 12.9. The molecule has 4 rings (SSSR count). The maximum absolute atomic E-state index is 5.68. The van der Waals surface area contributed by atoms with Crippen LogP contribution in [0.1, 0.15) is 11.1 Å². The van der Waals surface area contributed by atoms with Crippen molar-refractivity contribution in [1.29, 1.82) is 0 Å². The van der Waals surface area contributed by atoms with Crippen LogP contribution in [-0.4, -0.2) is 22.7 Å². The van der Waals surface area contributed by atoms with Crippen molar-refractivity contribution in [3.63, 3.8) is 0 Å². The summed E-state index contributed by atoms with van der Waals surface area (Å²) in [5.41, 5.74) is 10.4. The lowest BCUT2D eigenvalue weighted by atomic mass is 10.1. The normalized spacial score (nSPS) is 12.9. The zero-order chi connectivity index (χ0) is 15.6. The van der Waals surface area contributed by atoms with E-state index in [9.17, 15) is 0 Å². The lowest BCUT2D eigenvalue weighted by Crippen LogP contribution is -2.03. The van der Waals surface area contributed by atoms with Gasteiger partial charge in [-0.3, -0.25) is 4.57 Å². The monoisotopic (exact) mass is 305 g/mol. The van der Waals surface area contributed by atoms with Crippen LogP contribution in [0.2, 0.25) is 0 Å². The van der Waals surface area contributed by atoms with Crippen LogP contribution < -0.4 is 10.5 Å². The zero-order valence-electron chi connectivity index (χ0n) is 12.9. The van der Waals surface area contributed by atoms with Crippen molar-refractivity contribution in [3.05, 3.63) is 66.0 Å². The number of imidazole rings is 1. The van der Waals surface area contributed by atoms with Crippen molar-refractivity contribution in [3.8, 4) is 22.8 Å². The number of aromatic nitrogens is 2. The predicted octanol–water partition coefficient (Wildman–Crippen LogP) is 2.98. The summed E-state index contributed by atoms with van der Waals surface area (Å²) in [4.78, 5) is 4.56. The summed E-state index contributed by atoms with van der Waals surface area (Å²) in [5.74, 6) is 1.94. The molecule has 2 N–H and O–H groups in total. The number of nitrogens with zero attached hydrogens (tertiary/aromatic N) is 2. The second-order valence-electron chi connectivity index (χ2n) is 5.71. The van der Waals surface area contributed by atoms with E-state index in [0.29, 0.717) is 6.54 Å². The molecule has 1 aromatic heterocycles. The van der Waals surface area contributed by atoms with Gasteiger partial charge in [-0.1, -0.05) is 30.3 Å². The quantitative estimate of drug-likeness (QED) is 0.806. The summed E-state index contributed by atoms with van der Waals surface area (Å²) >= 11 is 0.